The van der Waals surface area contributed by atoms with Gasteiger partial charge in [-0.1, -0.05) is 6.92 Å². The predicted octanol–water partition coefficient (Wildman–Crippen LogP) is 3.49. The fourth-order valence-electron chi connectivity index (χ4n) is 1.13. The lowest BCUT2D eigenvalue weighted by Crippen LogP contribution is -2.04. The SMILES string of the molecule is CCSCCNc1ccc(C#N)cc1Br. The Labute approximate surface area is 103 Å². The Morgan fingerprint density at radius 3 is 2.93 bits per heavy atom. The number of benzene rings is 1. The minimum Gasteiger partial charge on any atom is -0.383 e. The van der Waals surface area contributed by atoms with Crippen molar-refractivity contribution in [2.75, 3.05) is 23.4 Å². The van der Waals surface area contributed by atoms with Crippen molar-refractivity contribution in [3.8, 4) is 6.07 Å². The van der Waals surface area contributed by atoms with Crippen LogP contribution in [-0.2, 0) is 0 Å². The highest BCUT2D eigenvalue weighted by Crippen LogP contribution is 2.23. The molecule has 4 heteroatoms. The van der Waals surface area contributed by atoms with Crippen LogP contribution in [-0.4, -0.2) is 18.1 Å². The van der Waals surface area contributed by atoms with Crippen molar-refractivity contribution in [2.45, 2.75) is 6.92 Å². The summed E-state index contributed by atoms with van der Waals surface area (Å²) in [6.07, 6.45) is 0. The molecule has 1 aromatic carbocycles. The molecule has 0 aliphatic rings. The first-order chi connectivity index (χ1) is 7.27. The molecule has 1 N–H and O–H groups in total. The monoisotopic (exact) mass is 284 g/mol. The topological polar surface area (TPSA) is 35.8 Å². The van der Waals surface area contributed by atoms with Crippen molar-refractivity contribution in [3.05, 3.63) is 28.2 Å². The number of rotatable bonds is 5. The summed E-state index contributed by atoms with van der Waals surface area (Å²) >= 11 is 5.35. The molecule has 15 heavy (non-hydrogen) atoms. The van der Waals surface area contributed by atoms with E-state index in [1.54, 1.807) is 0 Å². The van der Waals surface area contributed by atoms with Gasteiger partial charge in [-0.15, -0.1) is 0 Å². The summed E-state index contributed by atoms with van der Waals surface area (Å²) in [6.45, 7) is 3.10. The van der Waals surface area contributed by atoms with E-state index in [1.807, 2.05) is 30.0 Å². The summed E-state index contributed by atoms with van der Waals surface area (Å²) in [5.41, 5.74) is 1.72. The molecule has 1 rings (SSSR count). The second-order valence-corrected chi connectivity index (χ2v) is 5.18. The van der Waals surface area contributed by atoms with Gasteiger partial charge in [-0.05, 0) is 39.9 Å². The molecule has 80 valence electrons. The first-order valence-corrected chi connectivity index (χ1v) is 6.74. The quantitative estimate of drug-likeness (QED) is 0.841. The average molecular weight is 285 g/mol. The van der Waals surface area contributed by atoms with Gasteiger partial charge in [0.15, 0.2) is 0 Å². The Balaban J connectivity index is 2.52. The minimum atomic E-state index is 0.676. The van der Waals surface area contributed by atoms with E-state index in [4.69, 9.17) is 5.26 Å². The molecule has 0 atom stereocenters. The van der Waals surface area contributed by atoms with E-state index in [0.29, 0.717) is 5.56 Å². The first kappa shape index (κ1) is 12.4. The molecule has 0 aliphatic heterocycles. The molecule has 0 radical (unpaired) electrons. The molecule has 0 unspecified atom stereocenters. The molecular weight excluding hydrogens is 272 g/mol. The summed E-state index contributed by atoms with van der Waals surface area (Å²) in [4.78, 5) is 0. The second-order valence-electron chi connectivity index (χ2n) is 2.93. The molecule has 0 bridgehead atoms. The predicted molar refractivity (Wildman–Crippen MR) is 70.3 cm³/mol. The molecule has 0 spiro atoms. The maximum Gasteiger partial charge on any atom is 0.0992 e. The highest BCUT2D eigenvalue weighted by atomic mass is 79.9. The van der Waals surface area contributed by atoms with E-state index in [9.17, 15) is 0 Å². The number of anilines is 1. The van der Waals surface area contributed by atoms with Crippen molar-refractivity contribution in [3.63, 3.8) is 0 Å². The molecule has 2 nitrogen and oxygen atoms in total. The lowest BCUT2D eigenvalue weighted by Gasteiger charge is -2.07. The maximum atomic E-state index is 8.70. The van der Waals surface area contributed by atoms with Crippen LogP contribution in [0.15, 0.2) is 22.7 Å². The van der Waals surface area contributed by atoms with E-state index >= 15 is 0 Å². The molecule has 0 aliphatic carbocycles. The van der Waals surface area contributed by atoms with Crippen LogP contribution in [0.3, 0.4) is 0 Å². The highest BCUT2D eigenvalue weighted by Gasteiger charge is 2.00. The van der Waals surface area contributed by atoms with Crippen LogP contribution in [0.5, 0.6) is 0 Å². The third-order valence-corrected chi connectivity index (χ3v) is 3.42. The fraction of sp³-hybridized carbons (Fsp3) is 0.364. The third-order valence-electron chi connectivity index (χ3n) is 1.86. The normalized spacial score (nSPS) is 9.67. The Morgan fingerprint density at radius 1 is 1.53 bits per heavy atom. The van der Waals surface area contributed by atoms with Crippen molar-refractivity contribution in [1.29, 1.82) is 5.26 Å². The van der Waals surface area contributed by atoms with Gasteiger partial charge in [0.25, 0.3) is 0 Å². The number of nitrogens with zero attached hydrogens (tertiary/aromatic N) is 1. The number of hydrogen-bond donors (Lipinski definition) is 1. The van der Waals surface area contributed by atoms with Crippen LogP contribution < -0.4 is 5.32 Å². The van der Waals surface area contributed by atoms with Crippen molar-refractivity contribution < 1.29 is 0 Å². The van der Waals surface area contributed by atoms with Gasteiger partial charge in [-0.2, -0.15) is 17.0 Å². The third kappa shape index (κ3) is 4.15. The highest BCUT2D eigenvalue weighted by molar-refractivity contribution is 9.10. The van der Waals surface area contributed by atoms with Gasteiger partial charge in [0.05, 0.1) is 11.6 Å². The Bertz CT molecular complexity index is 360. The number of thioether (sulfide) groups is 1. The lowest BCUT2D eigenvalue weighted by atomic mass is 10.2. The molecule has 0 amide bonds. The lowest BCUT2D eigenvalue weighted by molar-refractivity contribution is 1.22. The second kappa shape index (κ2) is 6.76. The zero-order valence-electron chi connectivity index (χ0n) is 8.59. The van der Waals surface area contributed by atoms with Crippen molar-refractivity contribution >= 4 is 33.4 Å². The van der Waals surface area contributed by atoms with E-state index in [-0.39, 0.29) is 0 Å². The summed E-state index contributed by atoms with van der Waals surface area (Å²) in [7, 11) is 0. The van der Waals surface area contributed by atoms with Gasteiger partial charge in [0.1, 0.15) is 0 Å². The number of nitriles is 1. The summed E-state index contributed by atoms with van der Waals surface area (Å²) in [6, 6.07) is 7.69. The van der Waals surface area contributed by atoms with Gasteiger partial charge in [0.2, 0.25) is 0 Å². The summed E-state index contributed by atoms with van der Waals surface area (Å²) < 4.78 is 0.947. The van der Waals surface area contributed by atoms with E-state index in [1.165, 1.54) is 0 Å². The molecule has 0 heterocycles. The average Bonchev–Trinajstić information content (AvgIpc) is 2.26. The number of nitrogens with one attached hydrogen (secondary N) is 1. The number of hydrogen-bond acceptors (Lipinski definition) is 3. The molecule has 0 saturated heterocycles. The molecule has 0 saturated carbocycles. The Hall–Kier alpha value is -0.660. The largest absolute Gasteiger partial charge is 0.383 e. The van der Waals surface area contributed by atoms with Crippen molar-refractivity contribution in [2.24, 2.45) is 0 Å². The van der Waals surface area contributed by atoms with Gasteiger partial charge >= 0.3 is 0 Å². The summed E-state index contributed by atoms with van der Waals surface area (Å²) in [5.74, 6) is 2.25. The molecular formula is C11H13BrN2S. The van der Waals surface area contributed by atoms with E-state index in [0.717, 1.165) is 28.2 Å². The van der Waals surface area contributed by atoms with Crippen LogP contribution in [0.2, 0.25) is 0 Å². The number of halogens is 1. The van der Waals surface area contributed by atoms with Crippen LogP contribution in [0.25, 0.3) is 0 Å². The van der Waals surface area contributed by atoms with Gasteiger partial charge in [0, 0.05) is 22.5 Å². The fourth-order valence-corrected chi connectivity index (χ4v) is 2.18. The first-order valence-electron chi connectivity index (χ1n) is 4.79. The Morgan fingerprint density at radius 2 is 2.33 bits per heavy atom. The van der Waals surface area contributed by atoms with Crippen molar-refractivity contribution in [1.82, 2.24) is 0 Å². The maximum absolute atomic E-state index is 8.70. The van der Waals surface area contributed by atoms with Gasteiger partial charge in [-0.25, -0.2) is 0 Å². The van der Waals surface area contributed by atoms with Crippen LogP contribution in [0.4, 0.5) is 5.69 Å². The standard InChI is InChI=1S/C11H13BrN2S/c1-2-15-6-5-14-11-4-3-9(8-13)7-10(11)12/h3-4,7,14H,2,5-6H2,1H3. The van der Waals surface area contributed by atoms with E-state index in [2.05, 4.69) is 34.2 Å². The molecule has 0 aromatic heterocycles. The van der Waals surface area contributed by atoms with Crippen LogP contribution >= 0.6 is 27.7 Å². The zero-order valence-corrected chi connectivity index (χ0v) is 11.0. The smallest absolute Gasteiger partial charge is 0.0992 e. The molecule has 1 aromatic rings. The van der Waals surface area contributed by atoms with E-state index < -0.39 is 0 Å². The van der Waals surface area contributed by atoms with Gasteiger partial charge < -0.3 is 5.32 Å². The Kier molecular flexibility index (Phi) is 5.59. The van der Waals surface area contributed by atoms with Crippen LogP contribution in [0, 0.1) is 11.3 Å². The summed E-state index contributed by atoms with van der Waals surface area (Å²) in [5, 5.41) is 12.0. The molecule has 0 fully saturated rings. The van der Waals surface area contributed by atoms with Gasteiger partial charge in [-0.3, -0.25) is 0 Å². The zero-order chi connectivity index (χ0) is 11.1. The minimum absolute atomic E-state index is 0.676. The van der Waals surface area contributed by atoms with Crippen LogP contribution in [0.1, 0.15) is 12.5 Å².